The van der Waals surface area contributed by atoms with Gasteiger partial charge in [-0.2, -0.15) is 0 Å². The molecule has 0 saturated carbocycles. The highest BCUT2D eigenvalue weighted by Gasteiger charge is 2.23. The molecule has 2 rings (SSSR count). The maximum atomic E-state index is 13.4. The fourth-order valence-corrected chi connectivity index (χ4v) is 3.22. The number of Topliss-reactive ketones (excluding diaryl/α,β-unsaturated/α-hetero) is 1. The molecular formula is C24H30O2. The second kappa shape index (κ2) is 7.99. The molecule has 0 atom stereocenters. The second-order valence-electron chi connectivity index (χ2n) is 8.00. The smallest absolute Gasteiger partial charge is 0.193 e. The third-order valence-electron chi connectivity index (χ3n) is 4.91. The van der Waals surface area contributed by atoms with E-state index in [9.17, 15) is 9.59 Å². The highest BCUT2D eigenvalue weighted by Crippen LogP contribution is 2.33. The lowest BCUT2D eigenvalue weighted by Gasteiger charge is -2.22. The molecule has 2 heteroatoms. The molecule has 0 aromatic heterocycles. The van der Waals surface area contributed by atoms with Crippen molar-refractivity contribution in [1.82, 2.24) is 0 Å². The lowest BCUT2D eigenvalue weighted by Crippen LogP contribution is -2.13. The van der Waals surface area contributed by atoms with Gasteiger partial charge in [0.25, 0.3) is 0 Å². The van der Waals surface area contributed by atoms with Crippen molar-refractivity contribution in [2.75, 3.05) is 0 Å². The first-order valence-electron chi connectivity index (χ1n) is 9.46. The molecule has 0 fully saturated rings. The summed E-state index contributed by atoms with van der Waals surface area (Å²) in [6.07, 6.45) is 0. The van der Waals surface area contributed by atoms with Crippen LogP contribution in [-0.2, 0) is 0 Å². The number of ketones is 2. The Hall–Kier alpha value is -2.22. The minimum Gasteiger partial charge on any atom is -0.295 e. The van der Waals surface area contributed by atoms with Crippen molar-refractivity contribution in [2.45, 2.75) is 66.2 Å². The fraction of sp³-hybridized carbons (Fsp3) is 0.417. The van der Waals surface area contributed by atoms with Gasteiger partial charge < -0.3 is 0 Å². The van der Waals surface area contributed by atoms with Gasteiger partial charge in [-0.1, -0.05) is 77.9 Å². The Morgan fingerprint density at radius 1 is 0.692 bits per heavy atom. The molecule has 26 heavy (non-hydrogen) atoms. The molecule has 0 aliphatic rings. The molecule has 2 aromatic carbocycles. The van der Waals surface area contributed by atoms with Crippen molar-refractivity contribution < 1.29 is 9.59 Å². The van der Waals surface area contributed by atoms with Gasteiger partial charge >= 0.3 is 0 Å². The van der Waals surface area contributed by atoms with E-state index in [0.29, 0.717) is 17.0 Å². The topological polar surface area (TPSA) is 34.1 Å². The zero-order valence-electron chi connectivity index (χ0n) is 17.0. The second-order valence-corrected chi connectivity index (χ2v) is 8.00. The minimum atomic E-state index is 0.0102. The van der Waals surface area contributed by atoms with E-state index in [1.54, 1.807) is 24.3 Å². The highest BCUT2D eigenvalue weighted by molar-refractivity contribution is 6.11. The Morgan fingerprint density at radius 2 is 1.12 bits per heavy atom. The van der Waals surface area contributed by atoms with E-state index < -0.39 is 0 Å². The summed E-state index contributed by atoms with van der Waals surface area (Å²) in [5.74, 6) is 1.01. The average Bonchev–Trinajstić information content (AvgIpc) is 2.59. The number of rotatable bonds is 6. The van der Waals surface area contributed by atoms with Gasteiger partial charge in [-0.05, 0) is 41.4 Å². The molecule has 0 amide bonds. The van der Waals surface area contributed by atoms with Gasteiger partial charge in [0.15, 0.2) is 11.6 Å². The number of hydrogen-bond donors (Lipinski definition) is 0. The highest BCUT2D eigenvalue weighted by atomic mass is 16.1. The van der Waals surface area contributed by atoms with Crippen LogP contribution in [0.1, 0.15) is 109 Å². The average molecular weight is 351 g/mol. The molecule has 0 heterocycles. The predicted octanol–water partition coefficient (Wildman–Crippen LogP) is 6.49. The summed E-state index contributed by atoms with van der Waals surface area (Å²) in [7, 11) is 0. The molecule has 0 spiro atoms. The quantitative estimate of drug-likeness (QED) is 0.558. The van der Waals surface area contributed by atoms with Crippen LogP contribution in [0.15, 0.2) is 36.4 Å². The van der Waals surface area contributed by atoms with Crippen molar-refractivity contribution in [3.05, 3.63) is 69.8 Å². The molecule has 0 N–H and O–H groups in total. The molecule has 0 aliphatic carbocycles. The lowest BCUT2D eigenvalue weighted by atomic mass is 9.81. The van der Waals surface area contributed by atoms with Crippen LogP contribution in [0.25, 0.3) is 0 Å². The Labute approximate surface area is 157 Å². The Kier molecular flexibility index (Phi) is 6.17. The van der Waals surface area contributed by atoms with E-state index in [0.717, 1.165) is 16.7 Å². The van der Waals surface area contributed by atoms with Gasteiger partial charge in [-0.25, -0.2) is 0 Å². The van der Waals surface area contributed by atoms with Crippen LogP contribution in [-0.4, -0.2) is 11.6 Å². The molecular weight excluding hydrogens is 320 g/mol. The minimum absolute atomic E-state index is 0.0102. The van der Waals surface area contributed by atoms with Crippen LogP contribution in [0.2, 0.25) is 0 Å². The van der Waals surface area contributed by atoms with E-state index in [4.69, 9.17) is 0 Å². The van der Waals surface area contributed by atoms with Gasteiger partial charge in [0.2, 0.25) is 0 Å². The first-order valence-corrected chi connectivity index (χ1v) is 9.46. The van der Waals surface area contributed by atoms with Gasteiger partial charge in [0.1, 0.15) is 0 Å². The maximum Gasteiger partial charge on any atom is 0.193 e. The number of benzene rings is 2. The summed E-state index contributed by atoms with van der Waals surface area (Å²) in [4.78, 5) is 24.9. The Bertz CT molecular complexity index is 780. The Morgan fingerprint density at radius 3 is 1.46 bits per heavy atom. The van der Waals surface area contributed by atoms with Crippen LogP contribution in [0.3, 0.4) is 0 Å². The first-order chi connectivity index (χ1) is 12.1. The van der Waals surface area contributed by atoms with Crippen LogP contribution in [0.4, 0.5) is 0 Å². The summed E-state index contributed by atoms with van der Waals surface area (Å²) in [6.45, 7) is 14.5. The number of carbonyl (C=O) groups excluding carboxylic acids is 2. The molecule has 138 valence electrons. The van der Waals surface area contributed by atoms with Gasteiger partial charge in [-0.3, -0.25) is 9.59 Å². The van der Waals surface area contributed by atoms with Gasteiger partial charge in [0.05, 0.1) is 0 Å². The predicted molar refractivity (Wildman–Crippen MR) is 109 cm³/mol. The molecule has 0 bridgehead atoms. The van der Waals surface area contributed by atoms with Crippen LogP contribution < -0.4 is 0 Å². The van der Waals surface area contributed by atoms with E-state index >= 15 is 0 Å². The van der Waals surface area contributed by atoms with E-state index in [1.807, 2.05) is 0 Å². The normalized spacial score (nSPS) is 11.5. The summed E-state index contributed by atoms with van der Waals surface area (Å²) < 4.78 is 0. The van der Waals surface area contributed by atoms with Crippen molar-refractivity contribution in [1.29, 1.82) is 0 Å². The van der Waals surface area contributed by atoms with Crippen molar-refractivity contribution in [3.63, 3.8) is 0 Å². The molecule has 0 radical (unpaired) electrons. The lowest BCUT2D eigenvalue weighted by molar-refractivity contribution is 0.101. The summed E-state index contributed by atoms with van der Waals surface area (Å²) in [5, 5.41) is 0. The number of hydrogen-bond acceptors (Lipinski definition) is 2. The van der Waals surface area contributed by atoms with Crippen LogP contribution in [0, 0.1) is 0 Å². The molecule has 0 aliphatic heterocycles. The van der Waals surface area contributed by atoms with Crippen molar-refractivity contribution in [3.8, 4) is 0 Å². The zero-order valence-corrected chi connectivity index (χ0v) is 17.0. The monoisotopic (exact) mass is 350 g/mol. The van der Waals surface area contributed by atoms with Crippen LogP contribution >= 0.6 is 0 Å². The Balaban J connectivity index is 2.65. The molecule has 2 aromatic rings. The van der Waals surface area contributed by atoms with E-state index in [-0.39, 0.29) is 23.4 Å². The molecule has 0 saturated heterocycles. The largest absolute Gasteiger partial charge is 0.295 e. The van der Waals surface area contributed by atoms with E-state index in [1.165, 1.54) is 12.5 Å². The SMILES string of the molecule is CC(=O)c1ccc(C(=O)c2c(C(C)C)cc(C(C)C)cc2C(C)C)cc1. The number of carbonyl (C=O) groups is 2. The van der Waals surface area contributed by atoms with E-state index in [2.05, 4.69) is 53.7 Å². The first kappa shape index (κ1) is 20.1. The third-order valence-corrected chi connectivity index (χ3v) is 4.91. The van der Waals surface area contributed by atoms with Gasteiger partial charge in [-0.15, -0.1) is 0 Å². The summed E-state index contributed by atoms with van der Waals surface area (Å²) >= 11 is 0. The summed E-state index contributed by atoms with van der Waals surface area (Å²) in [6, 6.07) is 11.4. The maximum absolute atomic E-state index is 13.4. The fourth-order valence-electron chi connectivity index (χ4n) is 3.22. The standard InChI is InChI=1S/C24H30O2/c1-14(2)20-12-21(15(3)4)23(22(13-20)16(5)6)24(26)19-10-8-18(9-11-19)17(7)25/h8-16H,1-7H3. The molecule has 2 nitrogen and oxygen atoms in total. The van der Waals surface area contributed by atoms with Crippen LogP contribution in [0.5, 0.6) is 0 Å². The van der Waals surface area contributed by atoms with Gasteiger partial charge in [0, 0.05) is 16.7 Å². The van der Waals surface area contributed by atoms with Crippen molar-refractivity contribution in [2.24, 2.45) is 0 Å². The molecule has 0 unspecified atom stereocenters. The zero-order chi connectivity index (χ0) is 19.6. The summed E-state index contributed by atoms with van der Waals surface area (Å²) in [5.41, 5.74) is 5.60. The van der Waals surface area contributed by atoms with Crippen molar-refractivity contribution >= 4 is 11.6 Å². The third kappa shape index (κ3) is 4.12.